The van der Waals surface area contributed by atoms with Crippen LogP contribution in [0.4, 0.5) is 0 Å². The van der Waals surface area contributed by atoms with Crippen LogP contribution in [0.3, 0.4) is 0 Å². The van der Waals surface area contributed by atoms with E-state index in [9.17, 15) is 10.2 Å². The van der Waals surface area contributed by atoms with E-state index in [0.717, 1.165) is 24.0 Å². The highest BCUT2D eigenvalue weighted by Gasteiger charge is 2.10. The summed E-state index contributed by atoms with van der Waals surface area (Å²) in [6.07, 6.45) is 6.79. The normalized spacial score (nSPS) is 11.4. The lowest BCUT2D eigenvalue weighted by atomic mass is 9.99. The molecule has 0 atom stereocenters. The van der Waals surface area contributed by atoms with Gasteiger partial charge in [-0.05, 0) is 75.4 Å². The summed E-state index contributed by atoms with van der Waals surface area (Å²) in [7, 11) is 0. The van der Waals surface area contributed by atoms with Crippen LogP contribution in [-0.2, 0) is 6.42 Å². The van der Waals surface area contributed by atoms with Crippen LogP contribution in [0.1, 0.15) is 39.2 Å². The maximum atomic E-state index is 10.3. The third-order valence-corrected chi connectivity index (χ3v) is 4.38. The number of rotatable bonds is 6. The molecule has 2 aromatic rings. The predicted molar refractivity (Wildman–Crippen MR) is 106 cm³/mol. The number of hydrogen-bond acceptors (Lipinski definition) is 2. The molecule has 25 heavy (non-hydrogen) atoms. The van der Waals surface area contributed by atoms with Crippen molar-refractivity contribution in [3.63, 3.8) is 0 Å². The Morgan fingerprint density at radius 3 is 2.08 bits per heavy atom. The van der Waals surface area contributed by atoms with Crippen molar-refractivity contribution in [3.05, 3.63) is 70.3 Å². The molecule has 2 N–H and O–H groups in total. The Morgan fingerprint density at radius 1 is 0.920 bits per heavy atom. The van der Waals surface area contributed by atoms with Crippen molar-refractivity contribution in [3.8, 4) is 22.6 Å². The molecule has 0 aromatic heterocycles. The van der Waals surface area contributed by atoms with Gasteiger partial charge in [-0.2, -0.15) is 0 Å². The smallest absolute Gasteiger partial charge is 0.123 e. The lowest BCUT2D eigenvalue weighted by Crippen LogP contribution is -1.88. The van der Waals surface area contributed by atoms with Gasteiger partial charge in [-0.3, -0.25) is 0 Å². The van der Waals surface area contributed by atoms with E-state index in [2.05, 4.69) is 32.9 Å². The Kier molecular flexibility index (Phi) is 6.72. The van der Waals surface area contributed by atoms with E-state index in [0.29, 0.717) is 17.0 Å². The minimum absolute atomic E-state index is 0.110. The largest absolute Gasteiger partial charge is 0.507 e. The van der Waals surface area contributed by atoms with Gasteiger partial charge in [-0.1, -0.05) is 47.0 Å². The van der Waals surface area contributed by atoms with E-state index in [1.807, 2.05) is 12.1 Å². The highest BCUT2D eigenvalue weighted by molar-refractivity contribution is 6.30. The van der Waals surface area contributed by atoms with Gasteiger partial charge in [0.05, 0.1) is 0 Å². The maximum absolute atomic E-state index is 10.3. The van der Waals surface area contributed by atoms with E-state index >= 15 is 0 Å². The summed E-state index contributed by atoms with van der Waals surface area (Å²) in [5.41, 5.74) is 4.79. The monoisotopic (exact) mass is 356 g/mol. The molecule has 0 fully saturated rings. The van der Waals surface area contributed by atoms with Crippen molar-refractivity contribution in [1.82, 2.24) is 0 Å². The maximum Gasteiger partial charge on any atom is 0.123 e. The summed E-state index contributed by atoms with van der Waals surface area (Å²) >= 11 is 5.90. The molecule has 0 saturated heterocycles. The summed E-state index contributed by atoms with van der Waals surface area (Å²) in [6.45, 7) is 6.27. The highest BCUT2D eigenvalue weighted by atomic mass is 35.5. The lowest BCUT2D eigenvalue weighted by Gasteiger charge is -2.10. The quantitative estimate of drug-likeness (QED) is 0.568. The molecular formula is C22H25ClO2. The fourth-order valence-electron chi connectivity index (χ4n) is 2.63. The zero-order valence-corrected chi connectivity index (χ0v) is 15.8. The van der Waals surface area contributed by atoms with Crippen LogP contribution in [-0.4, -0.2) is 10.2 Å². The molecule has 0 bridgehead atoms. The highest BCUT2D eigenvalue weighted by Crippen LogP contribution is 2.34. The summed E-state index contributed by atoms with van der Waals surface area (Å²) in [6, 6.07) is 10.7. The first-order chi connectivity index (χ1) is 11.9. The Balaban J connectivity index is 2.14. The molecular weight excluding hydrogens is 332 g/mol. The summed E-state index contributed by atoms with van der Waals surface area (Å²) < 4.78 is 0. The summed E-state index contributed by atoms with van der Waals surface area (Å²) in [5, 5.41) is 21.3. The van der Waals surface area contributed by atoms with Crippen LogP contribution >= 0.6 is 11.6 Å². The van der Waals surface area contributed by atoms with Crippen molar-refractivity contribution >= 4 is 11.6 Å². The van der Waals surface area contributed by atoms with Crippen molar-refractivity contribution in [2.45, 2.75) is 40.0 Å². The number of phenolic OH excluding ortho intramolecular Hbond substituents is 2. The summed E-state index contributed by atoms with van der Waals surface area (Å²) in [5.74, 6) is 0.219. The third kappa shape index (κ3) is 5.68. The second kappa shape index (κ2) is 8.77. The van der Waals surface area contributed by atoms with Crippen LogP contribution in [0, 0.1) is 0 Å². The standard InChI is InChI=1S/C22H25ClO2/c1-15(2)5-4-6-16(3)7-12-20-21(24)13-18(14-22(20)25)17-8-10-19(23)11-9-17/h5,7-11,13-14,24-25H,4,6,12H2,1-3H3/b16-7+. The van der Waals surface area contributed by atoms with Crippen LogP contribution in [0.25, 0.3) is 11.1 Å². The Bertz CT molecular complexity index is 759. The van der Waals surface area contributed by atoms with Gasteiger partial charge in [0.2, 0.25) is 0 Å². The molecule has 2 aromatic carbocycles. The first-order valence-electron chi connectivity index (χ1n) is 8.46. The van der Waals surface area contributed by atoms with Gasteiger partial charge in [-0.25, -0.2) is 0 Å². The van der Waals surface area contributed by atoms with E-state index in [-0.39, 0.29) is 11.5 Å². The van der Waals surface area contributed by atoms with Crippen LogP contribution < -0.4 is 0 Å². The molecule has 0 aliphatic carbocycles. The van der Waals surface area contributed by atoms with E-state index in [4.69, 9.17) is 11.6 Å². The van der Waals surface area contributed by atoms with Gasteiger partial charge in [-0.15, -0.1) is 0 Å². The van der Waals surface area contributed by atoms with E-state index < -0.39 is 0 Å². The molecule has 2 nitrogen and oxygen atoms in total. The zero-order chi connectivity index (χ0) is 18.4. The third-order valence-electron chi connectivity index (χ3n) is 4.13. The predicted octanol–water partition coefficient (Wildman–Crippen LogP) is 6.65. The Hall–Kier alpha value is -2.19. The molecule has 0 saturated carbocycles. The number of aromatic hydroxyl groups is 2. The van der Waals surface area contributed by atoms with Gasteiger partial charge in [0.15, 0.2) is 0 Å². The van der Waals surface area contributed by atoms with E-state index in [1.54, 1.807) is 24.3 Å². The SMILES string of the molecule is CC(C)=CCC/C(C)=C/Cc1c(O)cc(-c2ccc(Cl)cc2)cc1O. The minimum atomic E-state index is 0.110. The first kappa shape index (κ1) is 19.1. The van der Waals surface area contributed by atoms with Crippen molar-refractivity contribution in [2.24, 2.45) is 0 Å². The van der Waals surface area contributed by atoms with Crippen LogP contribution in [0.2, 0.25) is 5.02 Å². The minimum Gasteiger partial charge on any atom is -0.507 e. The first-order valence-corrected chi connectivity index (χ1v) is 8.84. The average molecular weight is 357 g/mol. The number of allylic oxidation sites excluding steroid dienone is 4. The van der Waals surface area contributed by atoms with Crippen molar-refractivity contribution < 1.29 is 10.2 Å². The molecule has 0 amide bonds. The molecule has 0 aliphatic rings. The number of benzene rings is 2. The lowest BCUT2D eigenvalue weighted by molar-refractivity contribution is 0.441. The summed E-state index contributed by atoms with van der Waals surface area (Å²) in [4.78, 5) is 0. The van der Waals surface area contributed by atoms with Gasteiger partial charge in [0.1, 0.15) is 11.5 Å². The van der Waals surface area contributed by atoms with Gasteiger partial charge >= 0.3 is 0 Å². The second-order valence-electron chi connectivity index (χ2n) is 6.57. The molecule has 132 valence electrons. The number of phenols is 2. The molecule has 0 heterocycles. The Morgan fingerprint density at radius 2 is 1.52 bits per heavy atom. The van der Waals surface area contributed by atoms with E-state index in [1.165, 1.54) is 11.1 Å². The fraction of sp³-hybridized carbons (Fsp3) is 0.273. The average Bonchev–Trinajstić information content (AvgIpc) is 2.54. The number of halogens is 1. The molecule has 0 aliphatic heterocycles. The molecule has 3 heteroatoms. The zero-order valence-electron chi connectivity index (χ0n) is 15.0. The molecule has 0 spiro atoms. The van der Waals surface area contributed by atoms with Crippen LogP contribution in [0.5, 0.6) is 11.5 Å². The van der Waals surface area contributed by atoms with Gasteiger partial charge < -0.3 is 10.2 Å². The van der Waals surface area contributed by atoms with Gasteiger partial charge in [0, 0.05) is 10.6 Å². The Labute approximate surface area is 155 Å². The number of hydrogen-bond donors (Lipinski definition) is 2. The van der Waals surface area contributed by atoms with Crippen LogP contribution in [0.15, 0.2) is 59.7 Å². The second-order valence-corrected chi connectivity index (χ2v) is 7.01. The molecule has 2 rings (SSSR count). The molecule has 0 unspecified atom stereocenters. The van der Waals surface area contributed by atoms with Crippen molar-refractivity contribution in [2.75, 3.05) is 0 Å². The topological polar surface area (TPSA) is 40.5 Å². The molecule has 0 radical (unpaired) electrons. The van der Waals surface area contributed by atoms with Crippen molar-refractivity contribution in [1.29, 1.82) is 0 Å². The van der Waals surface area contributed by atoms with Gasteiger partial charge in [0.25, 0.3) is 0 Å². The fourth-order valence-corrected chi connectivity index (χ4v) is 2.75.